The van der Waals surface area contributed by atoms with E-state index in [0.29, 0.717) is 5.88 Å². The minimum atomic E-state index is 0.458. The van der Waals surface area contributed by atoms with Gasteiger partial charge in [-0.05, 0) is 18.2 Å². The second kappa shape index (κ2) is 3.62. The highest BCUT2D eigenvalue weighted by Crippen LogP contribution is 2.07. The number of para-hydroxylation sites is 1. The van der Waals surface area contributed by atoms with Gasteiger partial charge in [0.05, 0.1) is 17.3 Å². The van der Waals surface area contributed by atoms with Crippen LogP contribution in [0.5, 0.6) is 0 Å². The molecule has 3 heteroatoms. The van der Waals surface area contributed by atoms with E-state index in [1.807, 2.05) is 47.3 Å². The van der Waals surface area contributed by atoms with Crippen LogP contribution in [-0.4, -0.2) is 9.78 Å². The molecule has 0 amide bonds. The molecule has 0 saturated carbocycles. The summed E-state index contributed by atoms with van der Waals surface area (Å²) in [6.45, 7) is 0. The standard InChI is InChI=1S/C10H9ClN2/c11-8-9-6-7-13(12-9)10-4-2-1-3-5-10/h1-7H,8H2. The lowest BCUT2D eigenvalue weighted by molar-refractivity contribution is 0.859. The highest BCUT2D eigenvalue weighted by atomic mass is 35.5. The van der Waals surface area contributed by atoms with Crippen LogP contribution in [0.1, 0.15) is 5.69 Å². The first kappa shape index (κ1) is 8.32. The second-order valence-corrected chi connectivity index (χ2v) is 2.99. The molecule has 0 aliphatic carbocycles. The molecule has 66 valence electrons. The first-order valence-electron chi connectivity index (χ1n) is 4.06. The molecule has 13 heavy (non-hydrogen) atoms. The lowest BCUT2D eigenvalue weighted by Gasteiger charge is -1.98. The summed E-state index contributed by atoms with van der Waals surface area (Å²) in [5.74, 6) is 0.458. The van der Waals surface area contributed by atoms with Gasteiger partial charge in [0.25, 0.3) is 0 Å². The quantitative estimate of drug-likeness (QED) is 0.669. The van der Waals surface area contributed by atoms with Crippen molar-refractivity contribution in [2.75, 3.05) is 0 Å². The van der Waals surface area contributed by atoms with E-state index in [1.54, 1.807) is 0 Å². The molecule has 0 radical (unpaired) electrons. The predicted molar refractivity (Wildman–Crippen MR) is 53.1 cm³/mol. The van der Waals surface area contributed by atoms with Crippen molar-refractivity contribution in [2.45, 2.75) is 5.88 Å². The summed E-state index contributed by atoms with van der Waals surface area (Å²) in [5, 5.41) is 4.28. The molecule has 1 aromatic heterocycles. The third-order valence-corrected chi connectivity index (χ3v) is 2.08. The first-order chi connectivity index (χ1) is 6.40. The largest absolute Gasteiger partial charge is 0.241 e. The van der Waals surface area contributed by atoms with Crippen molar-refractivity contribution in [1.82, 2.24) is 9.78 Å². The summed E-state index contributed by atoms with van der Waals surface area (Å²) in [4.78, 5) is 0. The lowest BCUT2D eigenvalue weighted by Crippen LogP contribution is -1.94. The number of hydrogen-bond acceptors (Lipinski definition) is 1. The minimum absolute atomic E-state index is 0.458. The zero-order valence-corrected chi connectivity index (χ0v) is 7.78. The summed E-state index contributed by atoms with van der Waals surface area (Å²) < 4.78 is 1.82. The van der Waals surface area contributed by atoms with Crippen molar-refractivity contribution in [3.8, 4) is 5.69 Å². The van der Waals surface area contributed by atoms with E-state index in [1.165, 1.54) is 0 Å². The van der Waals surface area contributed by atoms with Gasteiger partial charge in [0.15, 0.2) is 0 Å². The highest BCUT2D eigenvalue weighted by molar-refractivity contribution is 6.16. The number of nitrogens with zero attached hydrogens (tertiary/aromatic N) is 2. The Morgan fingerprint density at radius 1 is 1.15 bits per heavy atom. The number of alkyl halides is 1. The first-order valence-corrected chi connectivity index (χ1v) is 4.59. The van der Waals surface area contributed by atoms with Crippen molar-refractivity contribution in [3.05, 3.63) is 48.3 Å². The van der Waals surface area contributed by atoms with Crippen LogP contribution in [0, 0.1) is 0 Å². The smallest absolute Gasteiger partial charge is 0.0776 e. The fourth-order valence-corrected chi connectivity index (χ4v) is 1.30. The third kappa shape index (κ3) is 1.73. The fourth-order valence-electron chi connectivity index (χ4n) is 1.16. The molecule has 0 N–H and O–H groups in total. The van der Waals surface area contributed by atoms with Crippen LogP contribution < -0.4 is 0 Å². The monoisotopic (exact) mass is 192 g/mol. The molecule has 0 bridgehead atoms. The van der Waals surface area contributed by atoms with Gasteiger partial charge >= 0.3 is 0 Å². The van der Waals surface area contributed by atoms with Crippen LogP contribution in [0.4, 0.5) is 0 Å². The van der Waals surface area contributed by atoms with Crippen molar-refractivity contribution in [1.29, 1.82) is 0 Å². The van der Waals surface area contributed by atoms with E-state index in [0.717, 1.165) is 11.4 Å². The summed E-state index contributed by atoms with van der Waals surface area (Å²) in [6, 6.07) is 11.9. The van der Waals surface area contributed by atoms with E-state index in [2.05, 4.69) is 5.10 Å². The van der Waals surface area contributed by atoms with E-state index >= 15 is 0 Å². The highest BCUT2D eigenvalue weighted by Gasteiger charge is 1.97. The molecule has 1 heterocycles. The molecule has 0 unspecified atom stereocenters. The van der Waals surface area contributed by atoms with E-state index in [9.17, 15) is 0 Å². The van der Waals surface area contributed by atoms with E-state index in [-0.39, 0.29) is 0 Å². The van der Waals surface area contributed by atoms with Crippen LogP contribution in [0.2, 0.25) is 0 Å². The summed E-state index contributed by atoms with van der Waals surface area (Å²) in [5.41, 5.74) is 1.95. The Bertz CT molecular complexity index is 381. The second-order valence-electron chi connectivity index (χ2n) is 2.72. The van der Waals surface area contributed by atoms with Gasteiger partial charge in [-0.1, -0.05) is 18.2 Å². The Labute approximate surface area is 81.8 Å². The average molecular weight is 193 g/mol. The molecular formula is C10H9ClN2. The number of rotatable bonds is 2. The van der Waals surface area contributed by atoms with Gasteiger partial charge < -0.3 is 0 Å². The number of aromatic nitrogens is 2. The average Bonchev–Trinajstić information content (AvgIpc) is 2.67. The van der Waals surface area contributed by atoms with Crippen molar-refractivity contribution in [3.63, 3.8) is 0 Å². The molecule has 0 fully saturated rings. The summed E-state index contributed by atoms with van der Waals surface area (Å²) in [6.07, 6.45) is 1.91. The van der Waals surface area contributed by atoms with Gasteiger partial charge in [0.1, 0.15) is 0 Å². The summed E-state index contributed by atoms with van der Waals surface area (Å²) >= 11 is 5.65. The van der Waals surface area contributed by atoms with Crippen LogP contribution in [0.15, 0.2) is 42.6 Å². The van der Waals surface area contributed by atoms with Gasteiger partial charge in [0, 0.05) is 6.20 Å². The van der Waals surface area contributed by atoms with Gasteiger partial charge in [-0.25, -0.2) is 4.68 Å². The lowest BCUT2D eigenvalue weighted by atomic mass is 10.3. The molecule has 2 nitrogen and oxygen atoms in total. The Morgan fingerprint density at radius 3 is 2.54 bits per heavy atom. The van der Waals surface area contributed by atoms with Gasteiger partial charge in [-0.2, -0.15) is 5.10 Å². The molecule has 2 aromatic rings. The topological polar surface area (TPSA) is 17.8 Å². The number of benzene rings is 1. The predicted octanol–water partition coefficient (Wildman–Crippen LogP) is 2.61. The van der Waals surface area contributed by atoms with Gasteiger partial charge in [0.2, 0.25) is 0 Å². The Morgan fingerprint density at radius 2 is 1.92 bits per heavy atom. The molecule has 0 aliphatic rings. The maximum atomic E-state index is 5.65. The van der Waals surface area contributed by atoms with Crippen molar-refractivity contribution in [2.24, 2.45) is 0 Å². The van der Waals surface area contributed by atoms with Crippen LogP contribution in [0.3, 0.4) is 0 Å². The van der Waals surface area contributed by atoms with Crippen molar-refractivity contribution >= 4 is 11.6 Å². The van der Waals surface area contributed by atoms with Crippen LogP contribution in [0.25, 0.3) is 5.69 Å². The number of halogens is 1. The Hall–Kier alpha value is -1.28. The number of hydrogen-bond donors (Lipinski definition) is 0. The van der Waals surface area contributed by atoms with E-state index in [4.69, 9.17) is 11.6 Å². The van der Waals surface area contributed by atoms with Gasteiger partial charge in [-0.3, -0.25) is 0 Å². The van der Waals surface area contributed by atoms with Gasteiger partial charge in [-0.15, -0.1) is 11.6 Å². The molecule has 0 spiro atoms. The molecular weight excluding hydrogens is 184 g/mol. The van der Waals surface area contributed by atoms with Crippen LogP contribution >= 0.6 is 11.6 Å². The van der Waals surface area contributed by atoms with E-state index < -0.39 is 0 Å². The third-order valence-electron chi connectivity index (χ3n) is 1.80. The zero-order valence-electron chi connectivity index (χ0n) is 7.02. The van der Waals surface area contributed by atoms with Crippen molar-refractivity contribution < 1.29 is 0 Å². The summed E-state index contributed by atoms with van der Waals surface area (Å²) in [7, 11) is 0. The van der Waals surface area contributed by atoms with Crippen LogP contribution in [-0.2, 0) is 5.88 Å². The maximum Gasteiger partial charge on any atom is 0.0776 e. The SMILES string of the molecule is ClCc1ccn(-c2ccccc2)n1. The minimum Gasteiger partial charge on any atom is -0.241 e. The Kier molecular flexibility index (Phi) is 2.32. The fraction of sp³-hybridized carbons (Fsp3) is 0.100. The molecule has 2 rings (SSSR count). The molecule has 1 aromatic carbocycles. The molecule has 0 aliphatic heterocycles. The molecule has 0 saturated heterocycles. The zero-order chi connectivity index (χ0) is 9.10. The molecule has 0 atom stereocenters. The normalized spacial score (nSPS) is 10.2. The Balaban J connectivity index is 2.36. The maximum absolute atomic E-state index is 5.65.